The average molecular weight is 347 g/mol. The number of ether oxygens (including phenoxy) is 1. The summed E-state index contributed by atoms with van der Waals surface area (Å²) in [5, 5.41) is 6.86. The SMILES string of the molecule is CN=C(NCCc1ccccc1OC)NCC(C)N1CCCC(C)C1. The zero-order valence-electron chi connectivity index (χ0n) is 16.2. The Morgan fingerprint density at radius 1 is 1.36 bits per heavy atom. The predicted molar refractivity (Wildman–Crippen MR) is 105 cm³/mol. The normalized spacial score (nSPS) is 20.2. The molecular weight excluding hydrogens is 312 g/mol. The van der Waals surface area contributed by atoms with Gasteiger partial charge in [0.25, 0.3) is 0 Å². The van der Waals surface area contributed by atoms with Crippen LogP contribution in [0.15, 0.2) is 29.3 Å². The van der Waals surface area contributed by atoms with Crippen LogP contribution < -0.4 is 15.4 Å². The molecule has 25 heavy (non-hydrogen) atoms. The summed E-state index contributed by atoms with van der Waals surface area (Å²) in [6, 6.07) is 8.68. The zero-order chi connectivity index (χ0) is 18.1. The van der Waals surface area contributed by atoms with Gasteiger partial charge in [0, 0.05) is 32.7 Å². The van der Waals surface area contributed by atoms with Crippen molar-refractivity contribution in [1.29, 1.82) is 0 Å². The Bertz CT molecular complexity index is 546. The molecule has 1 heterocycles. The molecule has 0 saturated carbocycles. The van der Waals surface area contributed by atoms with Gasteiger partial charge in [-0.2, -0.15) is 0 Å². The van der Waals surface area contributed by atoms with Gasteiger partial charge in [-0.25, -0.2) is 0 Å². The molecule has 5 heteroatoms. The number of nitrogens with zero attached hydrogens (tertiary/aromatic N) is 2. The van der Waals surface area contributed by atoms with E-state index < -0.39 is 0 Å². The summed E-state index contributed by atoms with van der Waals surface area (Å²) in [7, 11) is 3.54. The smallest absolute Gasteiger partial charge is 0.191 e. The third-order valence-corrected chi connectivity index (χ3v) is 4.98. The summed E-state index contributed by atoms with van der Waals surface area (Å²) in [4.78, 5) is 6.93. The Labute approximate surface area is 152 Å². The molecule has 0 bridgehead atoms. The topological polar surface area (TPSA) is 48.9 Å². The molecular formula is C20H34N4O. The van der Waals surface area contributed by atoms with E-state index in [0.29, 0.717) is 6.04 Å². The molecule has 5 nitrogen and oxygen atoms in total. The minimum absolute atomic E-state index is 0.524. The molecule has 1 aliphatic rings. The lowest BCUT2D eigenvalue weighted by atomic mass is 9.99. The van der Waals surface area contributed by atoms with E-state index in [9.17, 15) is 0 Å². The van der Waals surface area contributed by atoms with Crippen LogP contribution in [-0.2, 0) is 6.42 Å². The molecule has 0 aromatic heterocycles. The van der Waals surface area contributed by atoms with Gasteiger partial charge in [0.15, 0.2) is 5.96 Å². The Morgan fingerprint density at radius 3 is 2.88 bits per heavy atom. The number of hydrogen-bond acceptors (Lipinski definition) is 3. The summed E-state index contributed by atoms with van der Waals surface area (Å²) in [6.45, 7) is 8.82. The molecule has 1 fully saturated rings. The number of benzene rings is 1. The molecule has 1 saturated heterocycles. The second-order valence-corrected chi connectivity index (χ2v) is 7.03. The van der Waals surface area contributed by atoms with Crippen LogP contribution in [0.2, 0.25) is 0 Å². The molecule has 2 unspecified atom stereocenters. The second kappa shape index (κ2) is 10.3. The van der Waals surface area contributed by atoms with Crippen molar-refractivity contribution in [3.05, 3.63) is 29.8 Å². The predicted octanol–water partition coefficient (Wildman–Crippen LogP) is 2.52. The van der Waals surface area contributed by atoms with Gasteiger partial charge in [0.2, 0.25) is 0 Å². The van der Waals surface area contributed by atoms with Crippen LogP contribution in [0.1, 0.15) is 32.3 Å². The molecule has 0 amide bonds. The van der Waals surface area contributed by atoms with E-state index >= 15 is 0 Å². The van der Waals surface area contributed by atoms with Crippen molar-refractivity contribution in [3.63, 3.8) is 0 Å². The standard InChI is InChI=1S/C20H34N4O/c1-16-8-7-13-24(15-16)17(2)14-23-20(21-3)22-12-11-18-9-5-6-10-19(18)25-4/h5-6,9-10,16-17H,7-8,11-15H2,1-4H3,(H2,21,22,23). The number of methoxy groups -OCH3 is 1. The minimum atomic E-state index is 0.524. The van der Waals surface area contributed by atoms with Crippen LogP contribution >= 0.6 is 0 Å². The van der Waals surface area contributed by atoms with Crippen LogP contribution in [-0.4, -0.2) is 57.2 Å². The maximum Gasteiger partial charge on any atom is 0.191 e. The fourth-order valence-electron chi connectivity index (χ4n) is 3.45. The summed E-state index contributed by atoms with van der Waals surface area (Å²) in [5.41, 5.74) is 1.21. The van der Waals surface area contributed by atoms with Crippen molar-refractivity contribution in [1.82, 2.24) is 15.5 Å². The lowest BCUT2D eigenvalue weighted by Gasteiger charge is -2.35. The number of rotatable bonds is 7. The highest BCUT2D eigenvalue weighted by Crippen LogP contribution is 2.18. The van der Waals surface area contributed by atoms with E-state index in [4.69, 9.17) is 4.74 Å². The van der Waals surface area contributed by atoms with Crippen molar-refractivity contribution in [2.24, 2.45) is 10.9 Å². The Balaban J connectivity index is 1.73. The first-order valence-corrected chi connectivity index (χ1v) is 9.44. The molecule has 0 aliphatic carbocycles. The molecule has 1 aromatic carbocycles. The number of hydrogen-bond donors (Lipinski definition) is 2. The van der Waals surface area contributed by atoms with Gasteiger partial charge in [-0.15, -0.1) is 0 Å². The largest absolute Gasteiger partial charge is 0.496 e. The molecule has 1 aliphatic heterocycles. The van der Waals surface area contributed by atoms with Crippen molar-refractivity contribution < 1.29 is 4.74 Å². The van der Waals surface area contributed by atoms with Crippen LogP contribution in [0.4, 0.5) is 0 Å². The number of piperidine rings is 1. The Hall–Kier alpha value is -1.75. The highest BCUT2D eigenvalue weighted by molar-refractivity contribution is 5.79. The molecule has 0 radical (unpaired) electrons. The molecule has 140 valence electrons. The van der Waals surface area contributed by atoms with Crippen LogP contribution in [0.3, 0.4) is 0 Å². The van der Waals surface area contributed by atoms with Crippen LogP contribution in [0.25, 0.3) is 0 Å². The first-order valence-electron chi connectivity index (χ1n) is 9.44. The van der Waals surface area contributed by atoms with Crippen molar-refractivity contribution in [2.45, 2.75) is 39.2 Å². The maximum absolute atomic E-state index is 5.40. The maximum atomic E-state index is 5.40. The van der Waals surface area contributed by atoms with Crippen molar-refractivity contribution in [2.75, 3.05) is 40.3 Å². The Kier molecular flexibility index (Phi) is 8.06. The summed E-state index contributed by atoms with van der Waals surface area (Å²) in [5.74, 6) is 2.63. The lowest BCUT2D eigenvalue weighted by molar-refractivity contribution is 0.139. The van der Waals surface area contributed by atoms with E-state index in [-0.39, 0.29) is 0 Å². The van der Waals surface area contributed by atoms with E-state index in [2.05, 4.69) is 40.4 Å². The van der Waals surface area contributed by atoms with Crippen LogP contribution in [0, 0.1) is 5.92 Å². The number of guanidine groups is 1. The first kappa shape index (κ1) is 19.6. The van der Waals surface area contributed by atoms with Crippen molar-refractivity contribution >= 4 is 5.96 Å². The van der Waals surface area contributed by atoms with E-state index in [0.717, 1.165) is 37.1 Å². The molecule has 0 spiro atoms. The van der Waals surface area contributed by atoms with Gasteiger partial charge >= 0.3 is 0 Å². The number of aliphatic imine (C=N–C) groups is 1. The monoisotopic (exact) mass is 346 g/mol. The fraction of sp³-hybridized carbons (Fsp3) is 0.650. The lowest BCUT2D eigenvalue weighted by Crippen LogP contribution is -2.48. The summed E-state index contributed by atoms with van der Waals surface area (Å²) >= 11 is 0. The first-order chi connectivity index (χ1) is 12.1. The quantitative estimate of drug-likeness (QED) is 0.588. The average Bonchev–Trinajstić information content (AvgIpc) is 2.64. The van der Waals surface area contributed by atoms with Gasteiger partial charge in [-0.3, -0.25) is 9.89 Å². The molecule has 2 atom stereocenters. The highest BCUT2D eigenvalue weighted by atomic mass is 16.5. The third-order valence-electron chi connectivity index (χ3n) is 4.98. The second-order valence-electron chi connectivity index (χ2n) is 7.03. The highest BCUT2D eigenvalue weighted by Gasteiger charge is 2.20. The third kappa shape index (κ3) is 6.24. The van der Waals surface area contributed by atoms with Gasteiger partial charge in [0.05, 0.1) is 7.11 Å². The summed E-state index contributed by atoms with van der Waals surface area (Å²) in [6.07, 6.45) is 3.59. The van der Waals surface area contributed by atoms with Gasteiger partial charge < -0.3 is 15.4 Å². The van der Waals surface area contributed by atoms with E-state index in [1.54, 1.807) is 7.11 Å². The molecule has 1 aromatic rings. The number of nitrogens with one attached hydrogen (secondary N) is 2. The van der Waals surface area contributed by atoms with Gasteiger partial charge in [0.1, 0.15) is 5.75 Å². The van der Waals surface area contributed by atoms with Crippen LogP contribution in [0.5, 0.6) is 5.75 Å². The number of para-hydroxylation sites is 1. The Morgan fingerprint density at radius 2 is 2.16 bits per heavy atom. The van der Waals surface area contributed by atoms with E-state index in [1.165, 1.54) is 31.5 Å². The summed E-state index contributed by atoms with van der Waals surface area (Å²) < 4.78 is 5.40. The fourth-order valence-corrected chi connectivity index (χ4v) is 3.45. The minimum Gasteiger partial charge on any atom is -0.496 e. The van der Waals surface area contributed by atoms with E-state index in [1.807, 2.05) is 25.2 Å². The molecule has 2 rings (SSSR count). The number of likely N-dealkylation sites (tertiary alicyclic amines) is 1. The van der Waals surface area contributed by atoms with Gasteiger partial charge in [-0.1, -0.05) is 25.1 Å². The molecule has 2 N–H and O–H groups in total. The van der Waals surface area contributed by atoms with Gasteiger partial charge in [-0.05, 0) is 50.3 Å². The van der Waals surface area contributed by atoms with Crippen molar-refractivity contribution in [3.8, 4) is 5.75 Å². The zero-order valence-corrected chi connectivity index (χ0v) is 16.2.